The average Bonchev–Trinajstić information content (AvgIpc) is 3.63. The van der Waals surface area contributed by atoms with Crippen LogP contribution in [-0.2, 0) is 5.41 Å². The smallest absolute Gasteiger partial charge is 0.227 e. The zero-order chi connectivity index (χ0) is 28.0. The first kappa shape index (κ1) is 24.9. The highest BCUT2D eigenvalue weighted by molar-refractivity contribution is 5.81. The highest BCUT2D eigenvalue weighted by Crippen LogP contribution is 2.38. The number of aromatic nitrogens is 2. The summed E-state index contributed by atoms with van der Waals surface area (Å²) in [5.41, 5.74) is 9.63. The Labute approximate surface area is 238 Å². The Balaban J connectivity index is 1.26. The van der Waals surface area contributed by atoms with Crippen molar-refractivity contribution in [1.82, 2.24) is 9.97 Å². The van der Waals surface area contributed by atoms with E-state index in [4.69, 9.17) is 8.83 Å². The maximum Gasteiger partial charge on any atom is 0.227 e. The Morgan fingerprint density at radius 3 is 1.27 bits per heavy atom. The van der Waals surface area contributed by atoms with Gasteiger partial charge in [-0.3, -0.25) is 0 Å². The molecule has 0 saturated heterocycles. The van der Waals surface area contributed by atoms with E-state index in [2.05, 4.69) is 108 Å². The minimum Gasteiger partial charge on any atom is -0.436 e. The predicted octanol–water partition coefficient (Wildman–Crippen LogP) is 10.1. The van der Waals surface area contributed by atoms with E-state index in [0.29, 0.717) is 11.8 Å². The van der Waals surface area contributed by atoms with E-state index in [0.717, 1.165) is 50.4 Å². The number of oxazole rings is 2. The molecule has 0 N–H and O–H groups in total. The summed E-state index contributed by atoms with van der Waals surface area (Å²) in [5, 5.41) is 0. The van der Waals surface area contributed by atoms with Crippen molar-refractivity contribution < 1.29 is 8.83 Å². The van der Waals surface area contributed by atoms with Crippen LogP contribution in [0, 0.1) is 0 Å². The quantitative estimate of drug-likeness (QED) is 0.219. The Kier molecular flexibility index (Phi) is 5.93. The van der Waals surface area contributed by atoms with Gasteiger partial charge in [0.25, 0.3) is 0 Å². The fraction of sp³-hybridized carbons (Fsp3) is 0.111. The van der Waals surface area contributed by atoms with Gasteiger partial charge in [-0.2, -0.15) is 0 Å². The molecule has 0 unspecified atom stereocenters. The summed E-state index contributed by atoms with van der Waals surface area (Å²) in [6, 6.07) is 41.1. The van der Waals surface area contributed by atoms with Crippen LogP contribution < -0.4 is 4.90 Å². The van der Waals surface area contributed by atoms with Crippen LogP contribution >= 0.6 is 0 Å². The van der Waals surface area contributed by atoms with Crippen LogP contribution in [0.2, 0.25) is 0 Å². The summed E-state index contributed by atoms with van der Waals surface area (Å²) in [7, 11) is 0. The number of hydrogen-bond donors (Lipinski definition) is 0. The maximum atomic E-state index is 6.01. The molecule has 2 aromatic heterocycles. The SMILES string of the molecule is CC(C)(C)c1ccc(N(c2ccc(-c3nc4ccccc4o3)cc2)c2ccc(-c3nc4ccccc4o3)cc2)cc1. The van der Waals surface area contributed by atoms with Gasteiger partial charge in [-0.15, -0.1) is 0 Å². The van der Waals surface area contributed by atoms with E-state index in [1.807, 2.05) is 48.5 Å². The number of nitrogens with zero attached hydrogens (tertiary/aromatic N) is 3. The molecule has 200 valence electrons. The molecule has 0 saturated carbocycles. The fourth-order valence-corrected chi connectivity index (χ4v) is 5.06. The molecule has 0 atom stereocenters. The van der Waals surface area contributed by atoms with Crippen LogP contribution in [-0.4, -0.2) is 9.97 Å². The topological polar surface area (TPSA) is 55.3 Å². The molecule has 0 amide bonds. The lowest BCUT2D eigenvalue weighted by atomic mass is 9.87. The lowest BCUT2D eigenvalue weighted by molar-refractivity contribution is 0.590. The first-order chi connectivity index (χ1) is 19.9. The maximum absolute atomic E-state index is 6.01. The summed E-state index contributed by atoms with van der Waals surface area (Å²) in [4.78, 5) is 11.6. The van der Waals surface area contributed by atoms with Gasteiger partial charge in [-0.1, -0.05) is 57.2 Å². The summed E-state index contributed by atoms with van der Waals surface area (Å²) in [5.74, 6) is 1.23. The third kappa shape index (κ3) is 4.76. The van der Waals surface area contributed by atoms with Gasteiger partial charge in [0.1, 0.15) is 11.0 Å². The molecule has 0 fully saturated rings. The second kappa shape index (κ2) is 9.79. The minimum absolute atomic E-state index is 0.0752. The standard InChI is InChI=1S/C36H29N3O2/c1-36(2,3)26-16-22-29(23-17-26)39(27-18-12-24(13-19-27)34-37-30-8-4-6-10-32(30)40-34)28-20-14-25(15-21-28)35-38-31-9-5-7-11-33(31)41-35/h4-23H,1-3H3. The molecule has 5 aromatic carbocycles. The molecular weight excluding hydrogens is 506 g/mol. The second-order valence-electron chi connectivity index (χ2n) is 11.2. The molecule has 0 bridgehead atoms. The summed E-state index contributed by atoms with van der Waals surface area (Å²) in [6.45, 7) is 6.69. The number of benzene rings is 5. The Morgan fingerprint density at radius 1 is 0.488 bits per heavy atom. The molecule has 0 spiro atoms. The van der Waals surface area contributed by atoms with Crippen LogP contribution in [0.3, 0.4) is 0 Å². The largest absolute Gasteiger partial charge is 0.436 e. The number of anilines is 3. The zero-order valence-corrected chi connectivity index (χ0v) is 23.2. The van der Waals surface area contributed by atoms with Crippen molar-refractivity contribution in [1.29, 1.82) is 0 Å². The van der Waals surface area contributed by atoms with Crippen LogP contribution in [0.1, 0.15) is 26.3 Å². The summed E-state index contributed by atoms with van der Waals surface area (Å²) in [6.07, 6.45) is 0. The first-order valence-corrected chi connectivity index (χ1v) is 13.8. The summed E-state index contributed by atoms with van der Waals surface area (Å²) >= 11 is 0. The fourth-order valence-electron chi connectivity index (χ4n) is 5.06. The van der Waals surface area contributed by atoms with E-state index in [-0.39, 0.29) is 5.41 Å². The Morgan fingerprint density at radius 2 is 0.878 bits per heavy atom. The van der Waals surface area contributed by atoms with Gasteiger partial charge in [0.2, 0.25) is 11.8 Å². The van der Waals surface area contributed by atoms with Gasteiger partial charge in [-0.05, 0) is 95.9 Å². The van der Waals surface area contributed by atoms with E-state index >= 15 is 0 Å². The van der Waals surface area contributed by atoms with Gasteiger partial charge in [0, 0.05) is 28.2 Å². The van der Waals surface area contributed by atoms with E-state index in [1.54, 1.807) is 0 Å². The molecule has 5 heteroatoms. The first-order valence-electron chi connectivity index (χ1n) is 13.8. The molecule has 0 radical (unpaired) electrons. The van der Waals surface area contributed by atoms with Gasteiger partial charge >= 0.3 is 0 Å². The van der Waals surface area contributed by atoms with Crippen molar-refractivity contribution in [2.75, 3.05) is 4.90 Å². The van der Waals surface area contributed by atoms with Gasteiger partial charge in [0.05, 0.1) is 0 Å². The molecule has 5 nitrogen and oxygen atoms in total. The minimum atomic E-state index is 0.0752. The van der Waals surface area contributed by atoms with Crippen molar-refractivity contribution in [2.24, 2.45) is 0 Å². The third-order valence-electron chi connectivity index (χ3n) is 7.32. The lowest BCUT2D eigenvalue weighted by Crippen LogP contribution is -2.13. The van der Waals surface area contributed by atoms with Crippen molar-refractivity contribution in [3.8, 4) is 22.9 Å². The Hall–Kier alpha value is -5.16. The number of para-hydroxylation sites is 4. The highest BCUT2D eigenvalue weighted by Gasteiger charge is 2.18. The predicted molar refractivity (Wildman–Crippen MR) is 166 cm³/mol. The molecule has 0 aliphatic rings. The van der Waals surface area contributed by atoms with E-state index < -0.39 is 0 Å². The third-order valence-corrected chi connectivity index (χ3v) is 7.32. The lowest BCUT2D eigenvalue weighted by Gasteiger charge is -2.27. The highest BCUT2D eigenvalue weighted by atomic mass is 16.4. The molecule has 0 aliphatic carbocycles. The van der Waals surface area contributed by atoms with Crippen molar-refractivity contribution >= 4 is 39.3 Å². The van der Waals surface area contributed by atoms with Crippen LogP contribution in [0.25, 0.3) is 45.1 Å². The molecule has 0 aliphatic heterocycles. The van der Waals surface area contributed by atoms with E-state index in [1.165, 1.54) is 5.56 Å². The molecule has 2 heterocycles. The zero-order valence-electron chi connectivity index (χ0n) is 23.2. The number of hydrogen-bond acceptors (Lipinski definition) is 5. The second-order valence-corrected chi connectivity index (χ2v) is 11.2. The van der Waals surface area contributed by atoms with Crippen molar-refractivity contribution in [3.63, 3.8) is 0 Å². The normalized spacial score (nSPS) is 11.8. The molecule has 7 aromatic rings. The summed E-state index contributed by atoms with van der Waals surface area (Å²) < 4.78 is 12.0. The van der Waals surface area contributed by atoms with Crippen molar-refractivity contribution in [2.45, 2.75) is 26.2 Å². The van der Waals surface area contributed by atoms with E-state index in [9.17, 15) is 0 Å². The monoisotopic (exact) mass is 535 g/mol. The van der Waals surface area contributed by atoms with Gasteiger partial charge in [0.15, 0.2) is 11.2 Å². The number of rotatable bonds is 5. The van der Waals surface area contributed by atoms with Gasteiger partial charge < -0.3 is 13.7 Å². The van der Waals surface area contributed by atoms with Crippen LogP contribution in [0.5, 0.6) is 0 Å². The van der Waals surface area contributed by atoms with Gasteiger partial charge in [-0.25, -0.2) is 9.97 Å². The molecular formula is C36H29N3O2. The van der Waals surface area contributed by atoms with Crippen molar-refractivity contribution in [3.05, 3.63) is 127 Å². The average molecular weight is 536 g/mol. The molecule has 41 heavy (non-hydrogen) atoms. The van der Waals surface area contributed by atoms with Crippen LogP contribution in [0.15, 0.2) is 130 Å². The molecule has 7 rings (SSSR count). The number of fused-ring (bicyclic) bond motifs is 2. The van der Waals surface area contributed by atoms with Crippen LogP contribution in [0.4, 0.5) is 17.1 Å². The Bertz CT molecular complexity index is 1780.